The van der Waals surface area contributed by atoms with Crippen LogP contribution in [0.5, 0.6) is 0 Å². The van der Waals surface area contributed by atoms with Gasteiger partial charge in [-0.1, -0.05) is 36.4 Å². The molecule has 132 valence electrons. The number of nitro groups is 1. The summed E-state index contributed by atoms with van der Waals surface area (Å²) in [5.74, 6) is -0.394. The SMILES string of the molecule is O=[N+]([O-])c1cccc(F)c1CN1CCC(C(O)c2ccccc2)CC1. The van der Waals surface area contributed by atoms with Gasteiger partial charge in [-0.25, -0.2) is 4.39 Å². The quantitative estimate of drug-likeness (QED) is 0.664. The van der Waals surface area contributed by atoms with E-state index in [4.69, 9.17) is 0 Å². The minimum atomic E-state index is -0.541. The molecule has 1 saturated heterocycles. The van der Waals surface area contributed by atoms with Crippen molar-refractivity contribution in [3.8, 4) is 0 Å². The fraction of sp³-hybridized carbons (Fsp3) is 0.368. The molecular weight excluding hydrogens is 323 g/mol. The van der Waals surface area contributed by atoms with Gasteiger partial charge >= 0.3 is 0 Å². The molecule has 0 spiro atoms. The smallest absolute Gasteiger partial charge is 0.276 e. The van der Waals surface area contributed by atoms with Crippen LogP contribution in [0.3, 0.4) is 0 Å². The van der Waals surface area contributed by atoms with Gasteiger partial charge < -0.3 is 5.11 Å². The number of hydrogen-bond donors (Lipinski definition) is 1. The van der Waals surface area contributed by atoms with Crippen molar-refractivity contribution in [3.05, 3.63) is 75.6 Å². The zero-order chi connectivity index (χ0) is 17.8. The Balaban J connectivity index is 1.63. The second kappa shape index (κ2) is 7.72. The van der Waals surface area contributed by atoms with Gasteiger partial charge in [-0.2, -0.15) is 0 Å². The van der Waals surface area contributed by atoms with Crippen LogP contribution in [0.25, 0.3) is 0 Å². The topological polar surface area (TPSA) is 66.6 Å². The zero-order valence-electron chi connectivity index (χ0n) is 13.8. The first-order valence-corrected chi connectivity index (χ1v) is 8.43. The van der Waals surface area contributed by atoms with Gasteiger partial charge in [0.1, 0.15) is 5.82 Å². The Morgan fingerprint density at radius 2 is 1.84 bits per heavy atom. The molecule has 0 aromatic heterocycles. The first-order valence-electron chi connectivity index (χ1n) is 8.43. The predicted molar refractivity (Wildman–Crippen MR) is 92.5 cm³/mol. The Labute approximate surface area is 145 Å². The molecule has 1 atom stereocenters. The molecule has 2 aromatic carbocycles. The van der Waals surface area contributed by atoms with E-state index in [1.165, 1.54) is 18.2 Å². The number of rotatable bonds is 5. The highest BCUT2D eigenvalue weighted by molar-refractivity contribution is 5.40. The van der Waals surface area contributed by atoms with Crippen LogP contribution < -0.4 is 0 Å². The van der Waals surface area contributed by atoms with Gasteiger partial charge in [0.2, 0.25) is 0 Å². The summed E-state index contributed by atoms with van der Waals surface area (Å²) in [6.07, 6.45) is 1.04. The van der Waals surface area contributed by atoms with Crippen LogP contribution in [0.4, 0.5) is 10.1 Å². The Morgan fingerprint density at radius 1 is 1.16 bits per heavy atom. The maximum Gasteiger partial charge on any atom is 0.276 e. The second-order valence-electron chi connectivity index (χ2n) is 6.46. The Kier molecular flexibility index (Phi) is 5.40. The summed E-state index contributed by atoms with van der Waals surface area (Å²) in [7, 11) is 0. The summed E-state index contributed by atoms with van der Waals surface area (Å²) in [4.78, 5) is 12.6. The molecule has 1 aliphatic heterocycles. The number of aliphatic hydroxyl groups excluding tert-OH is 1. The van der Waals surface area contributed by atoms with Gasteiger partial charge in [-0.15, -0.1) is 0 Å². The second-order valence-corrected chi connectivity index (χ2v) is 6.46. The average molecular weight is 344 g/mol. The zero-order valence-corrected chi connectivity index (χ0v) is 13.8. The summed E-state index contributed by atoms with van der Waals surface area (Å²) in [6, 6.07) is 13.5. The number of aliphatic hydroxyl groups is 1. The molecule has 0 amide bonds. The number of piperidine rings is 1. The number of nitro benzene ring substituents is 1. The van der Waals surface area contributed by atoms with Crippen LogP contribution in [0.1, 0.15) is 30.1 Å². The molecule has 6 heteroatoms. The highest BCUT2D eigenvalue weighted by Crippen LogP contribution is 2.32. The maximum atomic E-state index is 14.0. The van der Waals surface area contributed by atoms with Gasteiger partial charge in [0.25, 0.3) is 5.69 Å². The van der Waals surface area contributed by atoms with Crippen molar-refractivity contribution in [2.24, 2.45) is 5.92 Å². The van der Waals surface area contributed by atoms with E-state index in [-0.39, 0.29) is 23.7 Å². The molecule has 0 radical (unpaired) electrons. The third-order valence-electron chi connectivity index (χ3n) is 4.89. The summed E-state index contributed by atoms with van der Waals surface area (Å²) in [5.41, 5.74) is 0.867. The lowest BCUT2D eigenvalue weighted by Crippen LogP contribution is -2.35. The van der Waals surface area contributed by atoms with Crippen molar-refractivity contribution in [2.45, 2.75) is 25.5 Å². The monoisotopic (exact) mass is 344 g/mol. The molecular formula is C19H21FN2O3. The van der Waals surface area contributed by atoms with E-state index in [9.17, 15) is 19.6 Å². The summed E-state index contributed by atoms with van der Waals surface area (Å²) < 4.78 is 14.0. The van der Waals surface area contributed by atoms with E-state index < -0.39 is 16.8 Å². The molecule has 25 heavy (non-hydrogen) atoms. The van der Waals surface area contributed by atoms with Crippen LogP contribution in [-0.2, 0) is 6.54 Å². The van der Waals surface area contributed by atoms with Gasteiger partial charge in [-0.05, 0) is 43.5 Å². The normalized spacial score (nSPS) is 17.4. The highest BCUT2D eigenvalue weighted by Gasteiger charge is 2.28. The number of hydrogen-bond acceptors (Lipinski definition) is 4. The Morgan fingerprint density at radius 3 is 2.48 bits per heavy atom. The van der Waals surface area contributed by atoms with Crippen LogP contribution in [0, 0.1) is 21.8 Å². The molecule has 0 saturated carbocycles. The van der Waals surface area contributed by atoms with Gasteiger partial charge in [0.05, 0.1) is 16.6 Å². The Bertz CT molecular complexity index is 731. The minimum absolute atomic E-state index is 0.134. The molecule has 0 bridgehead atoms. The summed E-state index contributed by atoms with van der Waals surface area (Å²) in [6.45, 7) is 1.58. The van der Waals surface area contributed by atoms with Crippen molar-refractivity contribution >= 4 is 5.69 Å². The van der Waals surface area contributed by atoms with E-state index in [1.54, 1.807) is 0 Å². The molecule has 1 fully saturated rings. The minimum Gasteiger partial charge on any atom is -0.388 e. The van der Waals surface area contributed by atoms with Crippen LogP contribution >= 0.6 is 0 Å². The number of nitrogens with zero attached hydrogens (tertiary/aromatic N) is 2. The summed E-state index contributed by atoms with van der Waals surface area (Å²) >= 11 is 0. The molecule has 3 rings (SSSR count). The third-order valence-corrected chi connectivity index (χ3v) is 4.89. The predicted octanol–water partition coefficient (Wildman–Crippen LogP) is 3.68. The fourth-order valence-corrected chi connectivity index (χ4v) is 3.45. The van der Waals surface area contributed by atoms with E-state index in [1.807, 2.05) is 35.2 Å². The number of halogens is 1. The van der Waals surface area contributed by atoms with E-state index >= 15 is 0 Å². The van der Waals surface area contributed by atoms with Gasteiger partial charge in [-0.3, -0.25) is 15.0 Å². The molecule has 1 heterocycles. The van der Waals surface area contributed by atoms with Crippen molar-refractivity contribution in [2.75, 3.05) is 13.1 Å². The standard InChI is InChI=1S/C19H21FN2O3/c20-17-7-4-8-18(22(24)25)16(17)13-21-11-9-15(10-12-21)19(23)14-5-2-1-3-6-14/h1-8,15,19,23H,9-13H2. The van der Waals surface area contributed by atoms with Crippen LogP contribution in [0.15, 0.2) is 48.5 Å². The lowest BCUT2D eigenvalue weighted by Gasteiger charge is -2.34. The summed E-state index contributed by atoms with van der Waals surface area (Å²) in [5, 5.41) is 21.6. The van der Waals surface area contributed by atoms with Crippen molar-refractivity contribution in [1.82, 2.24) is 4.90 Å². The van der Waals surface area contributed by atoms with E-state index in [0.717, 1.165) is 18.4 Å². The number of benzene rings is 2. The molecule has 1 N–H and O–H groups in total. The third kappa shape index (κ3) is 4.03. The van der Waals surface area contributed by atoms with E-state index in [2.05, 4.69) is 0 Å². The van der Waals surface area contributed by atoms with Crippen LogP contribution in [0.2, 0.25) is 0 Å². The maximum absolute atomic E-state index is 14.0. The Hall–Kier alpha value is -2.31. The molecule has 5 nitrogen and oxygen atoms in total. The first kappa shape index (κ1) is 17.5. The molecule has 2 aromatic rings. The molecule has 0 aliphatic carbocycles. The fourth-order valence-electron chi connectivity index (χ4n) is 3.45. The first-order chi connectivity index (χ1) is 12.1. The van der Waals surface area contributed by atoms with Gasteiger partial charge in [0.15, 0.2) is 0 Å². The van der Waals surface area contributed by atoms with E-state index in [0.29, 0.717) is 13.1 Å². The number of likely N-dealkylation sites (tertiary alicyclic amines) is 1. The molecule has 1 unspecified atom stereocenters. The average Bonchev–Trinajstić information content (AvgIpc) is 2.64. The molecule has 1 aliphatic rings. The largest absolute Gasteiger partial charge is 0.388 e. The van der Waals surface area contributed by atoms with Crippen LogP contribution in [-0.4, -0.2) is 28.0 Å². The van der Waals surface area contributed by atoms with Crippen molar-refractivity contribution < 1.29 is 14.4 Å². The van der Waals surface area contributed by atoms with Crippen molar-refractivity contribution in [3.63, 3.8) is 0 Å². The lowest BCUT2D eigenvalue weighted by molar-refractivity contribution is -0.386. The van der Waals surface area contributed by atoms with Crippen molar-refractivity contribution in [1.29, 1.82) is 0 Å². The lowest BCUT2D eigenvalue weighted by atomic mass is 9.87. The van der Waals surface area contributed by atoms with Gasteiger partial charge in [0, 0.05) is 12.6 Å². The highest BCUT2D eigenvalue weighted by atomic mass is 19.1.